The van der Waals surface area contributed by atoms with E-state index in [2.05, 4.69) is 5.10 Å². The van der Waals surface area contributed by atoms with Gasteiger partial charge in [-0.3, -0.25) is 9.59 Å². The van der Waals surface area contributed by atoms with Crippen LogP contribution in [0, 0.1) is 5.82 Å². The van der Waals surface area contributed by atoms with Crippen molar-refractivity contribution in [3.05, 3.63) is 58.9 Å². The van der Waals surface area contributed by atoms with Gasteiger partial charge < -0.3 is 19.1 Å². The van der Waals surface area contributed by atoms with E-state index < -0.39 is 0 Å². The van der Waals surface area contributed by atoms with Gasteiger partial charge in [0.2, 0.25) is 5.91 Å². The average molecular weight is 441 g/mol. The lowest BCUT2D eigenvalue weighted by Gasteiger charge is -2.34. The largest absolute Gasteiger partial charge is 0.450 e. The number of piperazine rings is 1. The minimum atomic E-state index is -0.361. The molecule has 0 N–H and O–H groups in total. The first-order chi connectivity index (χ1) is 15.5. The van der Waals surface area contributed by atoms with Crippen LogP contribution in [0.2, 0.25) is 0 Å². The smallest absolute Gasteiger partial charge is 0.409 e. The molecule has 1 aliphatic rings. The molecule has 0 atom stereocenters. The Hall–Kier alpha value is -3.69. The topological polar surface area (TPSA) is 89.2 Å². The number of aryl methyl sites for hydroxylation is 1. The Bertz CT molecular complexity index is 1180. The lowest BCUT2D eigenvalue weighted by molar-refractivity contribution is -0.133. The third-order valence-electron chi connectivity index (χ3n) is 5.47. The van der Waals surface area contributed by atoms with E-state index in [1.807, 2.05) is 0 Å². The van der Waals surface area contributed by atoms with E-state index in [4.69, 9.17) is 4.74 Å². The normalized spacial score (nSPS) is 14.1. The van der Waals surface area contributed by atoms with Crippen molar-refractivity contribution in [1.29, 1.82) is 0 Å². The SMILES string of the molecule is CCOC(=O)N1CCN(C(=O)CCn2ccn3nc(-c4ccc(F)cc4)cc3c2=O)CC1. The van der Waals surface area contributed by atoms with Crippen LogP contribution in [0.15, 0.2) is 47.5 Å². The fourth-order valence-corrected chi connectivity index (χ4v) is 3.69. The third kappa shape index (κ3) is 4.48. The first-order valence-electron chi connectivity index (χ1n) is 10.5. The predicted molar refractivity (Wildman–Crippen MR) is 115 cm³/mol. The zero-order valence-electron chi connectivity index (χ0n) is 17.7. The summed E-state index contributed by atoms with van der Waals surface area (Å²) in [5.41, 5.74) is 1.39. The molecule has 0 unspecified atom stereocenters. The van der Waals surface area contributed by atoms with E-state index in [9.17, 15) is 18.8 Å². The molecule has 0 saturated carbocycles. The van der Waals surface area contributed by atoms with Crippen LogP contribution in [0.1, 0.15) is 13.3 Å². The van der Waals surface area contributed by atoms with Crippen LogP contribution < -0.4 is 5.56 Å². The second-order valence-electron chi connectivity index (χ2n) is 7.48. The molecule has 1 fully saturated rings. The van der Waals surface area contributed by atoms with Crippen molar-refractivity contribution < 1.29 is 18.7 Å². The predicted octanol–water partition coefficient (Wildman–Crippen LogP) is 1.99. The molecule has 10 heteroatoms. The van der Waals surface area contributed by atoms with Crippen molar-refractivity contribution in [2.24, 2.45) is 0 Å². The van der Waals surface area contributed by atoms with Crippen LogP contribution in [0.25, 0.3) is 16.8 Å². The molecule has 1 aromatic carbocycles. The Labute approximate surface area is 183 Å². The number of rotatable bonds is 5. The first kappa shape index (κ1) is 21.5. The van der Waals surface area contributed by atoms with Crippen molar-refractivity contribution in [2.75, 3.05) is 32.8 Å². The Morgan fingerprint density at radius 2 is 1.75 bits per heavy atom. The highest BCUT2D eigenvalue weighted by Gasteiger charge is 2.24. The highest BCUT2D eigenvalue weighted by molar-refractivity contribution is 5.76. The van der Waals surface area contributed by atoms with Crippen LogP contribution in [-0.4, -0.2) is 68.8 Å². The van der Waals surface area contributed by atoms with E-state index in [0.717, 1.165) is 0 Å². The van der Waals surface area contributed by atoms with Crippen LogP contribution in [-0.2, 0) is 16.1 Å². The summed E-state index contributed by atoms with van der Waals surface area (Å²) in [5.74, 6) is -0.410. The van der Waals surface area contributed by atoms with Crippen LogP contribution >= 0.6 is 0 Å². The lowest BCUT2D eigenvalue weighted by Crippen LogP contribution is -2.50. The molecule has 0 radical (unpaired) electrons. The molecule has 3 aromatic rings. The molecule has 9 nitrogen and oxygen atoms in total. The Morgan fingerprint density at radius 1 is 1.06 bits per heavy atom. The fourth-order valence-electron chi connectivity index (χ4n) is 3.69. The van der Waals surface area contributed by atoms with Gasteiger partial charge in [-0.25, -0.2) is 13.7 Å². The summed E-state index contributed by atoms with van der Waals surface area (Å²) in [5, 5.41) is 4.38. The number of hydrogen-bond donors (Lipinski definition) is 0. The zero-order valence-corrected chi connectivity index (χ0v) is 17.7. The maximum atomic E-state index is 13.2. The molecular formula is C22H24FN5O4. The summed E-state index contributed by atoms with van der Waals surface area (Å²) in [7, 11) is 0. The number of carbonyl (C=O) groups excluding carboxylic acids is 2. The van der Waals surface area contributed by atoms with Gasteiger partial charge in [0.15, 0.2) is 0 Å². The van der Waals surface area contributed by atoms with Gasteiger partial charge in [0.25, 0.3) is 5.56 Å². The van der Waals surface area contributed by atoms with Crippen molar-refractivity contribution >= 4 is 17.5 Å². The number of carbonyl (C=O) groups is 2. The molecule has 1 saturated heterocycles. The molecule has 2 aromatic heterocycles. The van der Waals surface area contributed by atoms with Crippen molar-refractivity contribution in [2.45, 2.75) is 19.9 Å². The lowest BCUT2D eigenvalue weighted by atomic mass is 10.1. The number of amides is 2. The summed E-state index contributed by atoms with van der Waals surface area (Å²) in [4.78, 5) is 40.5. The maximum Gasteiger partial charge on any atom is 0.409 e. The molecule has 168 valence electrons. The van der Waals surface area contributed by atoms with E-state index in [0.29, 0.717) is 49.6 Å². The Morgan fingerprint density at radius 3 is 2.44 bits per heavy atom. The van der Waals surface area contributed by atoms with Gasteiger partial charge in [-0.05, 0) is 37.3 Å². The number of nitrogens with zero attached hydrogens (tertiary/aromatic N) is 5. The Balaban J connectivity index is 1.40. The second kappa shape index (κ2) is 9.21. The average Bonchev–Trinajstić information content (AvgIpc) is 3.24. The summed E-state index contributed by atoms with van der Waals surface area (Å²) < 4.78 is 21.1. The fraction of sp³-hybridized carbons (Fsp3) is 0.364. The van der Waals surface area contributed by atoms with E-state index in [-0.39, 0.29) is 36.3 Å². The molecule has 1 aliphatic heterocycles. The van der Waals surface area contributed by atoms with Crippen molar-refractivity contribution in [3.63, 3.8) is 0 Å². The van der Waals surface area contributed by atoms with Gasteiger partial charge in [-0.1, -0.05) is 0 Å². The first-order valence-corrected chi connectivity index (χ1v) is 10.5. The van der Waals surface area contributed by atoms with Gasteiger partial charge in [0.1, 0.15) is 11.3 Å². The molecular weight excluding hydrogens is 417 g/mol. The molecule has 0 spiro atoms. The Kier molecular flexibility index (Phi) is 6.20. The van der Waals surface area contributed by atoms with Crippen molar-refractivity contribution in [1.82, 2.24) is 24.0 Å². The van der Waals surface area contributed by atoms with Crippen molar-refractivity contribution in [3.8, 4) is 11.3 Å². The standard InChI is InChI=1S/C22H24FN5O4/c1-2-32-22(31)27-11-9-25(10-12-27)20(29)7-8-26-13-14-28-19(21(26)30)15-18(24-28)16-3-5-17(23)6-4-16/h3-6,13-15H,2,7-12H2,1H3. The number of hydrogen-bond acceptors (Lipinski definition) is 5. The van der Waals surface area contributed by atoms with Crippen LogP contribution in [0.5, 0.6) is 0 Å². The van der Waals surface area contributed by atoms with Crippen LogP contribution in [0.4, 0.5) is 9.18 Å². The molecule has 4 rings (SSSR count). The van der Waals surface area contributed by atoms with Gasteiger partial charge >= 0.3 is 6.09 Å². The van der Waals surface area contributed by atoms with Gasteiger partial charge in [0, 0.05) is 57.1 Å². The monoisotopic (exact) mass is 441 g/mol. The molecule has 0 bridgehead atoms. The summed E-state index contributed by atoms with van der Waals surface area (Å²) in [6.07, 6.45) is 3.07. The van der Waals surface area contributed by atoms with E-state index >= 15 is 0 Å². The maximum absolute atomic E-state index is 13.2. The summed E-state index contributed by atoms with van der Waals surface area (Å²) >= 11 is 0. The van der Waals surface area contributed by atoms with E-state index in [1.165, 1.54) is 21.2 Å². The molecule has 32 heavy (non-hydrogen) atoms. The van der Waals surface area contributed by atoms with Gasteiger partial charge in [-0.15, -0.1) is 0 Å². The zero-order chi connectivity index (χ0) is 22.7. The van der Waals surface area contributed by atoms with Crippen LogP contribution in [0.3, 0.4) is 0 Å². The summed E-state index contributed by atoms with van der Waals surface area (Å²) in [6, 6.07) is 7.56. The highest BCUT2D eigenvalue weighted by Crippen LogP contribution is 2.18. The number of benzene rings is 1. The molecule has 0 aliphatic carbocycles. The second-order valence-corrected chi connectivity index (χ2v) is 7.48. The quantitative estimate of drug-likeness (QED) is 0.604. The number of aromatic nitrogens is 3. The number of fused-ring (bicyclic) bond motifs is 1. The number of ether oxygens (including phenoxy) is 1. The summed E-state index contributed by atoms with van der Waals surface area (Å²) in [6.45, 7) is 4.05. The van der Waals surface area contributed by atoms with Gasteiger partial charge in [0.05, 0.1) is 12.3 Å². The minimum Gasteiger partial charge on any atom is -0.450 e. The highest BCUT2D eigenvalue weighted by atomic mass is 19.1. The van der Waals surface area contributed by atoms with Gasteiger partial charge in [-0.2, -0.15) is 5.10 Å². The number of halogens is 1. The van der Waals surface area contributed by atoms with E-state index in [1.54, 1.807) is 47.3 Å². The minimum absolute atomic E-state index is 0.0687. The third-order valence-corrected chi connectivity index (χ3v) is 5.47. The molecule has 2 amide bonds. The molecule has 3 heterocycles.